The molecule has 0 aliphatic heterocycles. The molecule has 0 unspecified atom stereocenters. The SMILES string of the molecule is CCN(CC)S(=O)(=O)c1cccc(C(=O)OCC(=O)c2c(C)cc(C)cc2C)c1. The van der Waals surface area contributed by atoms with Crippen LogP contribution in [0.3, 0.4) is 0 Å². The topological polar surface area (TPSA) is 80.8 Å². The number of carbonyl (C=O) groups excluding carboxylic acids is 2. The predicted molar refractivity (Wildman–Crippen MR) is 112 cm³/mol. The number of ketones is 1. The zero-order valence-electron chi connectivity index (χ0n) is 17.5. The van der Waals surface area contributed by atoms with Gasteiger partial charge in [0.15, 0.2) is 6.61 Å². The molecule has 0 fully saturated rings. The van der Waals surface area contributed by atoms with Gasteiger partial charge in [0, 0.05) is 18.7 Å². The Morgan fingerprint density at radius 1 is 0.966 bits per heavy atom. The van der Waals surface area contributed by atoms with Crippen molar-refractivity contribution in [3.8, 4) is 0 Å². The average molecular weight is 418 g/mol. The fourth-order valence-electron chi connectivity index (χ4n) is 3.40. The maximum Gasteiger partial charge on any atom is 0.338 e. The van der Waals surface area contributed by atoms with Crippen LogP contribution in [-0.2, 0) is 14.8 Å². The summed E-state index contributed by atoms with van der Waals surface area (Å²) in [5.74, 6) is -1.03. The molecule has 0 amide bonds. The van der Waals surface area contributed by atoms with Crippen LogP contribution in [0.1, 0.15) is 51.3 Å². The number of carbonyl (C=O) groups is 2. The Bertz CT molecular complexity index is 1000. The van der Waals surface area contributed by atoms with Crippen molar-refractivity contribution in [3.63, 3.8) is 0 Å². The summed E-state index contributed by atoms with van der Waals surface area (Å²) < 4.78 is 31.8. The standard InChI is InChI=1S/C22H27NO5S/c1-6-23(7-2)29(26,27)19-10-8-9-18(13-19)22(25)28-14-20(24)21-16(4)11-15(3)12-17(21)5/h8-13H,6-7,14H2,1-5H3. The van der Waals surface area contributed by atoms with E-state index in [0.29, 0.717) is 18.7 Å². The Kier molecular flexibility index (Phi) is 7.32. The molecular formula is C22H27NO5S. The second-order valence-corrected chi connectivity index (χ2v) is 8.83. The molecule has 156 valence electrons. The molecular weight excluding hydrogens is 390 g/mol. The highest BCUT2D eigenvalue weighted by Gasteiger charge is 2.23. The van der Waals surface area contributed by atoms with Gasteiger partial charge in [-0.25, -0.2) is 13.2 Å². The highest BCUT2D eigenvalue weighted by molar-refractivity contribution is 7.89. The zero-order valence-corrected chi connectivity index (χ0v) is 18.3. The quantitative estimate of drug-likeness (QED) is 0.483. The minimum atomic E-state index is -3.69. The van der Waals surface area contributed by atoms with Crippen LogP contribution in [0.4, 0.5) is 0 Å². The molecule has 7 heteroatoms. The van der Waals surface area contributed by atoms with Crippen molar-refractivity contribution >= 4 is 21.8 Å². The summed E-state index contributed by atoms with van der Waals surface area (Å²) in [6.07, 6.45) is 0. The summed E-state index contributed by atoms with van der Waals surface area (Å²) in [5, 5.41) is 0. The average Bonchev–Trinajstić information content (AvgIpc) is 2.66. The van der Waals surface area contributed by atoms with Gasteiger partial charge in [0.05, 0.1) is 10.5 Å². The van der Waals surface area contributed by atoms with Gasteiger partial charge in [-0.1, -0.05) is 37.6 Å². The minimum absolute atomic E-state index is 0.0206. The van der Waals surface area contributed by atoms with Gasteiger partial charge < -0.3 is 4.74 Å². The largest absolute Gasteiger partial charge is 0.454 e. The van der Waals surface area contributed by atoms with Crippen molar-refractivity contribution in [1.82, 2.24) is 4.31 Å². The maximum absolute atomic E-state index is 12.6. The van der Waals surface area contributed by atoms with Crippen LogP contribution in [0.15, 0.2) is 41.3 Å². The number of aryl methyl sites for hydroxylation is 3. The van der Waals surface area contributed by atoms with Gasteiger partial charge in [-0.05, 0) is 50.1 Å². The molecule has 2 aromatic carbocycles. The number of hydrogen-bond donors (Lipinski definition) is 0. The van der Waals surface area contributed by atoms with Gasteiger partial charge in [0.1, 0.15) is 0 Å². The lowest BCUT2D eigenvalue weighted by atomic mass is 9.97. The van der Waals surface area contributed by atoms with E-state index in [1.807, 2.05) is 32.9 Å². The Labute approximate surface area is 172 Å². The Hall–Kier alpha value is -2.51. The van der Waals surface area contributed by atoms with Crippen molar-refractivity contribution in [2.45, 2.75) is 39.5 Å². The van der Waals surface area contributed by atoms with Crippen molar-refractivity contribution in [1.29, 1.82) is 0 Å². The zero-order chi connectivity index (χ0) is 21.8. The van der Waals surface area contributed by atoms with E-state index in [1.54, 1.807) is 13.8 Å². The van der Waals surface area contributed by atoms with Crippen LogP contribution in [0.2, 0.25) is 0 Å². The Morgan fingerprint density at radius 3 is 2.10 bits per heavy atom. The lowest BCUT2D eigenvalue weighted by Crippen LogP contribution is -2.30. The Morgan fingerprint density at radius 2 is 1.55 bits per heavy atom. The van der Waals surface area contributed by atoms with E-state index in [0.717, 1.165) is 16.7 Å². The van der Waals surface area contributed by atoms with Crippen LogP contribution < -0.4 is 0 Å². The summed E-state index contributed by atoms with van der Waals surface area (Å²) in [5.41, 5.74) is 3.34. The van der Waals surface area contributed by atoms with E-state index in [-0.39, 0.29) is 16.2 Å². The van der Waals surface area contributed by atoms with Crippen LogP contribution in [-0.4, -0.2) is 44.2 Å². The number of rotatable bonds is 8. The third-order valence-electron chi connectivity index (χ3n) is 4.70. The molecule has 0 saturated heterocycles. The Balaban J connectivity index is 2.18. The first-order valence-corrected chi connectivity index (χ1v) is 10.9. The first kappa shape index (κ1) is 22.8. The number of sulfonamides is 1. The first-order valence-electron chi connectivity index (χ1n) is 9.50. The van der Waals surface area contributed by atoms with E-state index in [2.05, 4.69) is 0 Å². The van der Waals surface area contributed by atoms with E-state index in [9.17, 15) is 18.0 Å². The molecule has 0 aromatic heterocycles. The van der Waals surface area contributed by atoms with E-state index in [4.69, 9.17) is 4.74 Å². The minimum Gasteiger partial charge on any atom is -0.454 e. The highest BCUT2D eigenvalue weighted by Crippen LogP contribution is 2.19. The molecule has 2 aromatic rings. The molecule has 6 nitrogen and oxygen atoms in total. The molecule has 0 radical (unpaired) electrons. The molecule has 0 spiro atoms. The van der Waals surface area contributed by atoms with E-state index in [1.165, 1.54) is 28.6 Å². The molecule has 0 atom stereocenters. The number of hydrogen-bond acceptors (Lipinski definition) is 5. The third kappa shape index (κ3) is 5.10. The molecule has 2 rings (SSSR count). The van der Waals surface area contributed by atoms with Gasteiger partial charge >= 0.3 is 5.97 Å². The fraction of sp³-hybridized carbons (Fsp3) is 0.364. The number of nitrogens with zero attached hydrogens (tertiary/aromatic N) is 1. The monoisotopic (exact) mass is 417 g/mol. The molecule has 0 aliphatic carbocycles. The van der Waals surface area contributed by atoms with Crippen LogP contribution in [0.25, 0.3) is 0 Å². The smallest absolute Gasteiger partial charge is 0.338 e. The van der Waals surface area contributed by atoms with Crippen LogP contribution >= 0.6 is 0 Å². The first-order chi connectivity index (χ1) is 13.6. The summed E-state index contributed by atoms with van der Waals surface area (Å²) in [7, 11) is -3.69. The van der Waals surface area contributed by atoms with Gasteiger partial charge in [0.2, 0.25) is 15.8 Å². The molecule has 0 N–H and O–H groups in total. The second-order valence-electron chi connectivity index (χ2n) is 6.89. The number of benzene rings is 2. The molecule has 0 bridgehead atoms. The van der Waals surface area contributed by atoms with E-state index >= 15 is 0 Å². The summed E-state index contributed by atoms with van der Waals surface area (Å²) in [6.45, 7) is 9.39. The van der Waals surface area contributed by atoms with Gasteiger partial charge in [-0.3, -0.25) is 4.79 Å². The van der Waals surface area contributed by atoms with Gasteiger partial charge in [0.25, 0.3) is 0 Å². The summed E-state index contributed by atoms with van der Waals surface area (Å²) in [4.78, 5) is 25.0. The number of ether oxygens (including phenoxy) is 1. The van der Waals surface area contributed by atoms with Crippen molar-refractivity contribution in [2.24, 2.45) is 0 Å². The van der Waals surface area contributed by atoms with Crippen LogP contribution in [0, 0.1) is 20.8 Å². The van der Waals surface area contributed by atoms with Crippen molar-refractivity contribution in [3.05, 3.63) is 64.2 Å². The third-order valence-corrected chi connectivity index (χ3v) is 6.75. The normalized spacial score (nSPS) is 11.5. The molecule has 0 heterocycles. The summed E-state index contributed by atoms with van der Waals surface area (Å²) in [6, 6.07) is 9.49. The van der Waals surface area contributed by atoms with Crippen molar-refractivity contribution in [2.75, 3.05) is 19.7 Å². The van der Waals surface area contributed by atoms with Gasteiger partial charge in [-0.2, -0.15) is 4.31 Å². The fourth-order valence-corrected chi connectivity index (χ4v) is 4.91. The highest BCUT2D eigenvalue weighted by atomic mass is 32.2. The number of esters is 1. The maximum atomic E-state index is 12.6. The van der Waals surface area contributed by atoms with Crippen LogP contribution in [0.5, 0.6) is 0 Å². The number of Topliss-reactive ketones (excluding diaryl/α,β-unsaturated/α-hetero) is 1. The second kappa shape index (κ2) is 9.33. The van der Waals surface area contributed by atoms with Gasteiger partial charge in [-0.15, -0.1) is 0 Å². The lowest BCUT2D eigenvalue weighted by molar-refractivity contribution is 0.0474. The molecule has 0 saturated carbocycles. The van der Waals surface area contributed by atoms with Crippen molar-refractivity contribution < 1.29 is 22.7 Å². The molecule has 29 heavy (non-hydrogen) atoms. The summed E-state index contributed by atoms with van der Waals surface area (Å²) >= 11 is 0. The lowest BCUT2D eigenvalue weighted by Gasteiger charge is -2.18. The molecule has 0 aliphatic rings. The van der Waals surface area contributed by atoms with E-state index < -0.39 is 22.6 Å². The predicted octanol–water partition coefficient (Wildman–Crippen LogP) is 3.68.